The van der Waals surface area contributed by atoms with E-state index in [-0.39, 0.29) is 5.97 Å². The molecule has 2 rings (SSSR count). The number of imidazole rings is 1. The fraction of sp³-hybridized carbons (Fsp3) is 0.839. The summed E-state index contributed by atoms with van der Waals surface area (Å²) in [6.45, 7) is 9.45. The van der Waals surface area contributed by atoms with E-state index in [4.69, 9.17) is 10.5 Å². The molecule has 0 amide bonds. The molecule has 0 bridgehead atoms. The Morgan fingerprint density at radius 2 is 1.38 bits per heavy atom. The number of carbonyl (C=O) groups is 1. The minimum atomic E-state index is -0.0126. The van der Waals surface area contributed by atoms with Gasteiger partial charge in [-0.1, -0.05) is 97.3 Å². The Balaban J connectivity index is 1.56. The zero-order valence-corrected chi connectivity index (χ0v) is 25.2. The van der Waals surface area contributed by atoms with Gasteiger partial charge in [0.1, 0.15) is 5.82 Å². The fourth-order valence-corrected chi connectivity index (χ4v) is 5.20. The molecule has 0 atom stereocenters. The number of carbonyl (C=O) groups excluding carboxylic acids is 1. The summed E-state index contributed by atoms with van der Waals surface area (Å²) < 4.78 is 7.50. The molecule has 8 heteroatoms. The van der Waals surface area contributed by atoms with Crippen molar-refractivity contribution in [2.45, 2.75) is 142 Å². The third-order valence-corrected chi connectivity index (χ3v) is 7.66. The van der Waals surface area contributed by atoms with Crippen LogP contribution in [-0.2, 0) is 16.1 Å². The Morgan fingerprint density at radius 1 is 0.821 bits per heavy atom. The molecule has 0 aliphatic heterocycles. The van der Waals surface area contributed by atoms with Gasteiger partial charge in [-0.3, -0.25) is 9.89 Å². The number of unbranched alkanes of at least 4 members (excludes halogenated alkanes) is 14. The van der Waals surface area contributed by atoms with E-state index in [1.807, 2.05) is 6.33 Å². The van der Waals surface area contributed by atoms with Crippen LogP contribution in [0.15, 0.2) is 6.33 Å². The molecule has 2 heterocycles. The van der Waals surface area contributed by atoms with Gasteiger partial charge in [-0.05, 0) is 51.7 Å². The maximum Gasteiger partial charge on any atom is 0.305 e. The highest BCUT2D eigenvalue weighted by molar-refractivity contribution is 5.81. The number of nitrogens with zero attached hydrogens (tertiary/aromatic N) is 4. The number of fused-ring (bicyclic) bond motifs is 1. The number of nitrogens with two attached hydrogens (primary N) is 1. The Hall–Kier alpha value is -2.09. The summed E-state index contributed by atoms with van der Waals surface area (Å²) in [7, 11) is 0. The highest BCUT2D eigenvalue weighted by Crippen LogP contribution is 2.16. The van der Waals surface area contributed by atoms with Crippen LogP contribution in [0.2, 0.25) is 0 Å². The van der Waals surface area contributed by atoms with Crippen LogP contribution in [-0.4, -0.2) is 56.9 Å². The van der Waals surface area contributed by atoms with Gasteiger partial charge in [-0.2, -0.15) is 5.10 Å². The maximum atomic E-state index is 12.0. The summed E-state index contributed by atoms with van der Waals surface area (Å²) in [6.07, 6.45) is 24.6. The first-order valence-electron chi connectivity index (χ1n) is 16.2. The van der Waals surface area contributed by atoms with Gasteiger partial charge in [0.25, 0.3) is 0 Å². The van der Waals surface area contributed by atoms with Crippen LogP contribution in [0.4, 0.5) is 5.82 Å². The number of aryl methyl sites for hydroxylation is 1. The van der Waals surface area contributed by atoms with Crippen LogP contribution >= 0.6 is 0 Å². The van der Waals surface area contributed by atoms with Gasteiger partial charge in [0.15, 0.2) is 11.2 Å². The van der Waals surface area contributed by atoms with Crippen LogP contribution in [0.1, 0.15) is 136 Å². The zero-order chi connectivity index (χ0) is 28.0. The van der Waals surface area contributed by atoms with E-state index >= 15 is 0 Å². The monoisotopic (exact) mass is 546 g/mol. The minimum absolute atomic E-state index is 0.0126. The SMILES string of the molecule is CCCCCCCCOC(=O)CCCCCCCN(CCCCCCCC)CCCn1cnc2c(N)[nH]nc21. The Labute approximate surface area is 237 Å². The van der Waals surface area contributed by atoms with Crippen molar-refractivity contribution in [2.75, 3.05) is 32.0 Å². The van der Waals surface area contributed by atoms with E-state index in [0.29, 0.717) is 18.8 Å². The minimum Gasteiger partial charge on any atom is -0.466 e. The van der Waals surface area contributed by atoms with E-state index in [2.05, 4.69) is 38.5 Å². The number of ether oxygens (including phenoxy) is 1. The molecule has 2 aromatic rings. The largest absolute Gasteiger partial charge is 0.466 e. The van der Waals surface area contributed by atoms with Crippen LogP contribution in [0.3, 0.4) is 0 Å². The predicted molar refractivity (Wildman–Crippen MR) is 163 cm³/mol. The van der Waals surface area contributed by atoms with Gasteiger partial charge >= 0.3 is 5.97 Å². The smallest absolute Gasteiger partial charge is 0.305 e. The number of hydrogen-bond donors (Lipinski definition) is 2. The Kier molecular flexibility index (Phi) is 18.4. The van der Waals surface area contributed by atoms with Crippen molar-refractivity contribution in [3.8, 4) is 0 Å². The lowest BCUT2D eigenvalue weighted by Gasteiger charge is -2.22. The third-order valence-electron chi connectivity index (χ3n) is 7.66. The van der Waals surface area contributed by atoms with Crippen molar-refractivity contribution in [1.29, 1.82) is 0 Å². The average Bonchev–Trinajstić information content (AvgIpc) is 3.51. The average molecular weight is 547 g/mol. The van der Waals surface area contributed by atoms with E-state index in [9.17, 15) is 4.79 Å². The van der Waals surface area contributed by atoms with Crippen molar-refractivity contribution in [3.05, 3.63) is 6.33 Å². The number of H-pyrrole nitrogens is 1. The lowest BCUT2D eigenvalue weighted by Crippen LogP contribution is -2.28. The Bertz CT molecular complexity index is 865. The quantitative estimate of drug-likeness (QED) is 0.0928. The summed E-state index contributed by atoms with van der Waals surface area (Å²) >= 11 is 0. The molecule has 0 spiro atoms. The molecule has 0 saturated heterocycles. The molecule has 0 aromatic carbocycles. The second kappa shape index (κ2) is 21.7. The van der Waals surface area contributed by atoms with Crippen molar-refractivity contribution < 1.29 is 9.53 Å². The van der Waals surface area contributed by atoms with Crippen molar-refractivity contribution in [2.24, 2.45) is 0 Å². The number of hydrogen-bond acceptors (Lipinski definition) is 6. The first-order chi connectivity index (χ1) is 19.2. The van der Waals surface area contributed by atoms with Crippen LogP contribution in [0.5, 0.6) is 0 Å². The number of nitrogens with one attached hydrogen (secondary N) is 1. The fourth-order valence-electron chi connectivity index (χ4n) is 5.20. The zero-order valence-electron chi connectivity index (χ0n) is 25.2. The van der Waals surface area contributed by atoms with Crippen LogP contribution in [0.25, 0.3) is 11.2 Å². The lowest BCUT2D eigenvalue weighted by atomic mass is 10.1. The summed E-state index contributed by atoms with van der Waals surface area (Å²) in [5.41, 5.74) is 7.51. The first kappa shape index (κ1) is 33.1. The van der Waals surface area contributed by atoms with Crippen LogP contribution < -0.4 is 5.73 Å². The molecule has 2 aromatic heterocycles. The molecule has 224 valence electrons. The van der Waals surface area contributed by atoms with E-state index in [1.54, 1.807) is 0 Å². The second-order valence-electron chi connectivity index (χ2n) is 11.2. The molecule has 0 unspecified atom stereocenters. The summed E-state index contributed by atoms with van der Waals surface area (Å²) in [5, 5.41) is 7.12. The van der Waals surface area contributed by atoms with Crippen molar-refractivity contribution in [1.82, 2.24) is 24.6 Å². The van der Waals surface area contributed by atoms with Crippen LogP contribution in [0, 0.1) is 0 Å². The highest BCUT2D eigenvalue weighted by atomic mass is 16.5. The van der Waals surface area contributed by atoms with Gasteiger partial charge in [0.2, 0.25) is 0 Å². The number of anilines is 1. The molecule has 0 saturated carbocycles. The van der Waals surface area contributed by atoms with Gasteiger partial charge < -0.3 is 19.9 Å². The maximum absolute atomic E-state index is 12.0. The summed E-state index contributed by atoms with van der Waals surface area (Å²) in [6, 6.07) is 0. The molecule has 0 radical (unpaired) electrons. The molecule has 8 nitrogen and oxygen atoms in total. The molecule has 39 heavy (non-hydrogen) atoms. The second-order valence-corrected chi connectivity index (χ2v) is 11.2. The third kappa shape index (κ3) is 14.8. The van der Waals surface area contributed by atoms with Gasteiger partial charge in [0.05, 0.1) is 12.9 Å². The van der Waals surface area contributed by atoms with E-state index in [1.165, 1.54) is 96.4 Å². The predicted octanol–water partition coefficient (Wildman–Crippen LogP) is 7.64. The van der Waals surface area contributed by atoms with E-state index in [0.717, 1.165) is 56.5 Å². The normalized spacial score (nSPS) is 11.7. The molecular weight excluding hydrogens is 488 g/mol. The van der Waals surface area contributed by atoms with Crippen molar-refractivity contribution >= 4 is 23.0 Å². The molecule has 0 aliphatic rings. The van der Waals surface area contributed by atoms with Crippen molar-refractivity contribution in [3.63, 3.8) is 0 Å². The number of aromatic amines is 1. The lowest BCUT2D eigenvalue weighted by molar-refractivity contribution is -0.143. The Morgan fingerprint density at radius 3 is 2.05 bits per heavy atom. The standard InChI is InChI=1S/C31H58N6O2/c1-3-5-7-9-13-17-22-36(24-20-25-37-27-33-29-30(32)34-35-31(29)37)23-18-14-11-12-16-21-28(38)39-26-19-15-10-8-6-4-2/h27H,3-26H2,1-2H3,(H3,32,34,35). The molecular formula is C31H58N6O2. The number of esters is 1. The summed E-state index contributed by atoms with van der Waals surface area (Å²) in [5.74, 6) is 0.528. The number of aromatic nitrogens is 4. The topological polar surface area (TPSA) is 102 Å². The number of rotatable bonds is 26. The summed E-state index contributed by atoms with van der Waals surface area (Å²) in [4.78, 5) is 19.0. The van der Waals surface area contributed by atoms with E-state index < -0.39 is 0 Å². The van der Waals surface area contributed by atoms with Gasteiger partial charge in [-0.25, -0.2) is 4.98 Å². The number of nitrogen functional groups attached to an aromatic ring is 1. The highest BCUT2D eigenvalue weighted by Gasteiger charge is 2.10. The first-order valence-corrected chi connectivity index (χ1v) is 16.2. The molecule has 0 aliphatic carbocycles. The molecule has 0 fully saturated rings. The molecule has 3 N–H and O–H groups in total. The van der Waals surface area contributed by atoms with Gasteiger partial charge in [-0.15, -0.1) is 0 Å². The van der Waals surface area contributed by atoms with Gasteiger partial charge in [0, 0.05) is 13.0 Å².